The number of aliphatic imine (C=N–C) groups is 1. The highest BCUT2D eigenvalue weighted by Gasteiger charge is 2.24. The average molecular weight is 427 g/mol. The topological polar surface area (TPSA) is 112 Å². The summed E-state index contributed by atoms with van der Waals surface area (Å²) in [7, 11) is 0. The first kappa shape index (κ1) is 24.6. The van der Waals surface area contributed by atoms with E-state index in [1.54, 1.807) is 18.5 Å². The molecule has 6 N–H and O–H groups in total. The van der Waals surface area contributed by atoms with Crippen LogP contribution in [0.5, 0.6) is 0 Å². The molecular weight excluding hydrogens is 392 g/mol. The highest BCUT2D eigenvalue weighted by molar-refractivity contribution is 5.74. The van der Waals surface area contributed by atoms with Gasteiger partial charge in [-0.2, -0.15) is 0 Å². The van der Waals surface area contributed by atoms with Crippen LogP contribution in [0, 0.1) is 5.92 Å². The van der Waals surface area contributed by atoms with Crippen LogP contribution in [0.4, 0.5) is 5.69 Å². The number of hydrogen-bond acceptors (Lipinski definition) is 7. The Hall–Kier alpha value is -2.71. The third kappa shape index (κ3) is 8.51. The molecule has 168 valence electrons. The van der Waals surface area contributed by atoms with Crippen LogP contribution in [-0.2, 0) is 4.74 Å². The molecule has 7 nitrogen and oxygen atoms in total. The van der Waals surface area contributed by atoms with Gasteiger partial charge < -0.3 is 26.0 Å². The van der Waals surface area contributed by atoms with E-state index in [1.807, 2.05) is 57.2 Å². The number of rotatable bonds is 10. The molecule has 0 fully saturated rings. The van der Waals surface area contributed by atoms with E-state index in [0.717, 1.165) is 16.7 Å². The number of nitrogen functional groups attached to an aromatic ring is 1. The Kier molecular flexibility index (Phi) is 9.21. The molecule has 1 aliphatic carbocycles. The van der Waals surface area contributed by atoms with Crippen molar-refractivity contribution in [1.82, 2.24) is 10.6 Å². The summed E-state index contributed by atoms with van der Waals surface area (Å²) >= 11 is 0. The number of hydrogen-bond donors (Lipinski definition) is 5. The lowest BCUT2D eigenvalue weighted by molar-refractivity contribution is -0.180. The van der Waals surface area contributed by atoms with Crippen LogP contribution in [0.1, 0.15) is 32.8 Å². The predicted molar refractivity (Wildman–Crippen MR) is 127 cm³/mol. The second-order valence-electron chi connectivity index (χ2n) is 8.27. The van der Waals surface area contributed by atoms with Gasteiger partial charge >= 0.3 is 0 Å². The predicted octanol–water partition coefficient (Wildman–Crippen LogP) is 2.92. The van der Waals surface area contributed by atoms with Gasteiger partial charge in [-0.3, -0.25) is 10.3 Å². The summed E-state index contributed by atoms with van der Waals surface area (Å²) in [5, 5.41) is 26.7. The number of benzene rings is 1. The van der Waals surface area contributed by atoms with Gasteiger partial charge in [-0.1, -0.05) is 30.9 Å². The second kappa shape index (κ2) is 11.6. The monoisotopic (exact) mass is 426 g/mol. The Balaban J connectivity index is 2.15. The maximum Gasteiger partial charge on any atom is 0.214 e. The molecule has 0 radical (unpaired) electrons. The first-order valence-corrected chi connectivity index (χ1v) is 10.3. The van der Waals surface area contributed by atoms with Crippen molar-refractivity contribution in [3.05, 3.63) is 72.6 Å². The Bertz CT molecular complexity index is 853. The van der Waals surface area contributed by atoms with Crippen LogP contribution in [0.25, 0.3) is 5.57 Å². The van der Waals surface area contributed by atoms with Crippen molar-refractivity contribution in [1.29, 1.82) is 0 Å². The van der Waals surface area contributed by atoms with Crippen LogP contribution in [0.15, 0.2) is 72.0 Å². The van der Waals surface area contributed by atoms with E-state index in [-0.39, 0.29) is 5.92 Å². The van der Waals surface area contributed by atoms with E-state index in [4.69, 9.17) is 10.5 Å². The average Bonchev–Trinajstić information content (AvgIpc) is 2.70. The quantitative estimate of drug-likeness (QED) is 0.223. The van der Waals surface area contributed by atoms with E-state index in [1.165, 1.54) is 6.20 Å². The third-order valence-corrected chi connectivity index (χ3v) is 4.59. The number of aliphatic hydroxyl groups is 2. The number of ether oxygens (including phenoxy) is 1. The first-order chi connectivity index (χ1) is 14.7. The minimum absolute atomic E-state index is 0.142. The Morgan fingerprint density at radius 2 is 2.13 bits per heavy atom. The lowest BCUT2D eigenvalue weighted by Crippen LogP contribution is -2.39. The maximum atomic E-state index is 10.6. The smallest absolute Gasteiger partial charge is 0.214 e. The van der Waals surface area contributed by atoms with Crippen molar-refractivity contribution in [3.8, 4) is 0 Å². The highest BCUT2D eigenvalue weighted by Crippen LogP contribution is 2.33. The van der Waals surface area contributed by atoms with Gasteiger partial charge in [0.25, 0.3) is 0 Å². The van der Waals surface area contributed by atoms with Gasteiger partial charge in [0.15, 0.2) is 0 Å². The minimum atomic E-state index is -1.09. The maximum absolute atomic E-state index is 10.6. The van der Waals surface area contributed by atoms with Crippen molar-refractivity contribution < 1.29 is 14.9 Å². The van der Waals surface area contributed by atoms with Gasteiger partial charge in [0, 0.05) is 36.8 Å². The SMILES string of the molecule is C=C/N=C\C=C\NC(O)C1C=CC(CNC(O)OC(C)(C)C)=C(c2cccc(N)c2)C1. The molecule has 0 saturated carbocycles. The van der Waals surface area contributed by atoms with Crippen molar-refractivity contribution in [2.24, 2.45) is 10.9 Å². The number of aliphatic hydroxyl groups excluding tert-OH is 2. The van der Waals surface area contributed by atoms with Crippen LogP contribution < -0.4 is 16.4 Å². The molecule has 3 atom stereocenters. The Morgan fingerprint density at radius 3 is 2.81 bits per heavy atom. The van der Waals surface area contributed by atoms with Gasteiger partial charge in [-0.05, 0) is 62.1 Å². The van der Waals surface area contributed by atoms with Gasteiger partial charge in [-0.25, -0.2) is 0 Å². The number of nitrogens with zero attached hydrogens (tertiary/aromatic N) is 1. The summed E-state index contributed by atoms with van der Waals surface area (Å²) in [5.41, 5.74) is 9.23. The summed E-state index contributed by atoms with van der Waals surface area (Å²) in [5.74, 6) is -0.142. The van der Waals surface area contributed by atoms with E-state index in [2.05, 4.69) is 22.2 Å². The van der Waals surface area contributed by atoms with Crippen LogP contribution in [-0.4, -0.2) is 41.2 Å². The first-order valence-electron chi connectivity index (χ1n) is 10.3. The highest BCUT2D eigenvalue weighted by atomic mass is 16.6. The normalized spacial score (nSPS) is 19.2. The fourth-order valence-corrected chi connectivity index (χ4v) is 3.19. The molecule has 0 heterocycles. The van der Waals surface area contributed by atoms with Crippen LogP contribution >= 0.6 is 0 Å². The van der Waals surface area contributed by atoms with Crippen molar-refractivity contribution in [2.75, 3.05) is 12.3 Å². The molecular formula is C24H34N4O3. The Morgan fingerprint density at radius 1 is 1.35 bits per heavy atom. The summed E-state index contributed by atoms with van der Waals surface area (Å²) in [6.07, 6.45) is 9.04. The summed E-state index contributed by atoms with van der Waals surface area (Å²) < 4.78 is 5.52. The van der Waals surface area contributed by atoms with E-state index < -0.39 is 18.2 Å². The zero-order valence-electron chi connectivity index (χ0n) is 18.5. The van der Waals surface area contributed by atoms with Gasteiger partial charge in [0.1, 0.15) is 6.23 Å². The number of anilines is 1. The van der Waals surface area contributed by atoms with Crippen LogP contribution in [0.2, 0.25) is 0 Å². The van der Waals surface area contributed by atoms with E-state index in [0.29, 0.717) is 18.7 Å². The van der Waals surface area contributed by atoms with E-state index >= 15 is 0 Å². The van der Waals surface area contributed by atoms with Gasteiger partial charge in [0.05, 0.1) is 5.60 Å². The van der Waals surface area contributed by atoms with Crippen LogP contribution in [0.3, 0.4) is 0 Å². The number of nitrogens with one attached hydrogen (secondary N) is 2. The molecule has 3 unspecified atom stereocenters. The number of nitrogens with two attached hydrogens (primary N) is 1. The molecule has 31 heavy (non-hydrogen) atoms. The van der Waals surface area contributed by atoms with Gasteiger partial charge in [0.2, 0.25) is 6.41 Å². The molecule has 7 heteroatoms. The zero-order chi connectivity index (χ0) is 22.9. The molecule has 1 aromatic rings. The molecule has 1 aliphatic rings. The molecule has 2 rings (SSSR count). The third-order valence-electron chi connectivity index (χ3n) is 4.59. The van der Waals surface area contributed by atoms with Crippen molar-refractivity contribution in [3.63, 3.8) is 0 Å². The number of allylic oxidation sites excluding steroid dienone is 2. The molecule has 0 bridgehead atoms. The molecule has 0 amide bonds. The summed E-state index contributed by atoms with van der Waals surface area (Å²) in [6.45, 7) is 9.56. The second-order valence-corrected chi connectivity index (χ2v) is 8.27. The van der Waals surface area contributed by atoms with Crippen molar-refractivity contribution >= 4 is 17.5 Å². The van der Waals surface area contributed by atoms with E-state index in [9.17, 15) is 10.2 Å². The largest absolute Gasteiger partial charge is 0.399 e. The van der Waals surface area contributed by atoms with Gasteiger partial charge in [-0.15, -0.1) is 0 Å². The molecule has 0 saturated heterocycles. The fraction of sp³-hybridized carbons (Fsp3) is 0.375. The summed E-state index contributed by atoms with van der Waals surface area (Å²) in [4.78, 5) is 3.87. The molecule has 0 spiro atoms. The zero-order valence-corrected chi connectivity index (χ0v) is 18.5. The lowest BCUT2D eigenvalue weighted by atomic mass is 9.84. The summed E-state index contributed by atoms with van der Waals surface area (Å²) in [6, 6.07) is 7.66. The molecule has 1 aromatic carbocycles. The molecule has 0 aliphatic heterocycles. The molecule has 0 aromatic heterocycles. The lowest BCUT2D eigenvalue weighted by Gasteiger charge is -2.28. The minimum Gasteiger partial charge on any atom is -0.399 e. The van der Waals surface area contributed by atoms with Crippen molar-refractivity contribution in [2.45, 2.75) is 45.4 Å². The fourth-order valence-electron chi connectivity index (χ4n) is 3.19. The standard InChI is InChI=1S/C24H34N4O3/c1-5-26-12-7-13-27-22(29)18-10-11-19(16-28-23(30)31-24(2,3)4)21(15-18)17-8-6-9-20(25)14-17/h5-14,18,22-23,27-30H,1,15-16,25H2,2-4H3/b13-7+,26-12-. The Labute approximate surface area is 184 Å².